The van der Waals surface area contributed by atoms with Crippen LogP contribution in [0.2, 0.25) is 0 Å². The molecule has 0 radical (unpaired) electrons. The SMILES string of the molecule is Cc1ccc(-c2nnc3nc(C(F)(F)F)c(C)cn23)cc1. The Hall–Kier alpha value is -2.44. The van der Waals surface area contributed by atoms with Crippen LogP contribution in [-0.4, -0.2) is 19.6 Å². The Balaban J connectivity index is 2.19. The summed E-state index contributed by atoms with van der Waals surface area (Å²) in [4.78, 5) is 3.57. The smallest absolute Gasteiger partial charge is 0.266 e. The molecule has 3 aromatic rings. The molecule has 0 aliphatic rings. The minimum absolute atomic E-state index is 0.0307. The lowest BCUT2D eigenvalue weighted by molar-refractivity contribution is -0.141. The van der Waals surface area contributed by atoms with Gasteiger partial charge in [-0.1, -0.05) is 29.8 Å². The number of nitrogens with zero attached hydrogens (tertiary/aromatic N) is 4. The molecule has 0 spiro atoms. The van der Waals surface area contributed by atoms with Crippen LogP contribution < -0.4 is 0 Å². The third-order valence-electron chi connectivity index (χ3n) is 3.16. The molecule has 1 aromatic carbocycles. The molecule has 108 valence electrons. The third-order valence-corrected chi connectivity index (χ3v) is 3.16. The molecule has 0 fully saturated rings. The van der Waals surface area contributed by atoms with Gasteiger partial charge >= 0.3 is 6.18 Å². The van der Waals surface area contributed by atoms with Crippen molar-refractivity contribution >= 4 is 5.78 Å². The van der Waals surface area contributed by atoms with Gasteiger partial charge in [0.2, 0.25) is 0 Å². The van der Waals surface area contributed by atoms with Gasteiger partial charge in [-0.15, -0.1) is 10.2 Å². The number of fused-ring (bicyclic) bond motifs is 1. The molecule has 2 heterocycles. The van der Waals surface area contributed by atoms with Gasteiger partial charge in [-0.2, -0.15) is 13.2 Å². The van der Waals surface area contributed by atoms with E-state index in [1.807, 2.05) is 31.2 Å². The summed E-state index contributed by atoms with van der Waals surface area (Å²) in [5.74, 6) is 0.401. The zero-order valence-electron chi connectivity index (χ0n) is 11.3. The predicted octanol–water partition coefficient (Wildman–Crippen LogP) is 3.43. The highest BCUT2D eigenvalue weighted by Crippen LogP contribution is 2.31. The lowest BCUT2D eigenvalue weighted by atomic mass is 10.1. The Labute approximate surface area is 118 Å². The average Bonchev–Trinajstić information content (AvgIpc) is 2.80. The Morgan fingerprint density at radius 2 is 1.67 bits per heavy atom. The van der Waals surface area contributed by atoms with E-state index in [9.17, 15) is 13.2 Å². The summed E-state index contributed by atoms with van der Waals surface area (Å²) in [5, 5.41) is 7.68. The molecule has 7 heteroatoms. The highest BCUT2D eigenvalue weighted by molar-refractivity contribution is 5.58. The van der Waals surface area contributed by atoms with Gasteiger partial charge < -0.3 is 0 Å². The first-order chi connectivity index (χ1) is 9.86. The van der Waals surface area contributed by atoms with E-state index in [1.54, 1.807) is 0 Å². The van der Waals surface area contributed by atoms with E-state index >= 15 is 0 Å². The summed E-state index contributed by atoms with van der Waals surface area (Å²) in [5.41, 5.74) is 0.955. The molecule has 0 N–H and O–H groups in total. The quantitative estimate of drug-likeness (QED) is 0.690. The Morgan fingerprint density at radius 3 is 2.29 bits per heavy atom. The first-order valence-electron chi connectivity index (χ1n) is 6.23. The maximum atomic E-state index is 12.8. The molecule has 0 bridgehead atoms. The molecule has 21 heavy (non-hydrogen) atoms. The van der Waals surface area contributed by atoms with E-state index in [-0.39, 0.29) is 11.3 Å². The summed E-state index contributed by atoms with van der Waals surface area (Å²) >= 11 is 0. The van der Waals surface area contributed by atoms with E-state index in [4.69, 9.17) is 0 Å². The molecule has 4 nitrogen and oxygen atoms in total. The number of hydrogen-bond acceptors (Lipinski definition) is 3. The number of alkyl halides is 3. The molecule has 0 atom stereocenters. The number of halogens is 3. The zero-order valence-corrected chi connectivity index (χ0v) is 11.3. The molecule has 0 saturated heterocycles. The lowest BCUT2D eigenvalue weighted by Gasteiger charge is -2.09. The van der Waals surface area contributed by atoms with Gasteiger partial charge in [0.25, 0.3) is 5.78 Å². The minimum atomic E-state index is -4.50. The average molecular weight is 292 g/mol. The van der Waals surface area contributed by atoms with Crippen LogP contribution in [0.25, 0.3) is 17.2 Å². The van der Waals surface area contributed by atoms with Gasteiger partial charge in [-0.3, -0.25) is 4.40 Å². The van der Waals surface area contributed by atoms with E-state index in [0.29, 0.717) is 5.82 Å². The fourth-order valence-corrected chi connectivity index (χ4v) is 2.11. The largest absolute Gasteiger partial charge is 0.433 e. The van der Waals surface area contributed by atoms with Crippen molar-refractivity contribution in [2.75, 3.05) is 0 Å². The van der Waals surface area contributed by atoms with Crippen molar-refractivity contribution in [1.82, 2.24) is 19.6 Å². The molecular formula is C14H11F3N4. The van der Waals surface area contributed by atoms with Crippen molar-refractivity contribution in [3.8, 4) is 11.4 Å². The molecule has 2 aromatic heterocycles. The van der Waals surface area contributed by atoms with Crippen LogP contribution in [0.4, 0.5) is 13.2 Å². The maximum Gasteiger partial charge on any atom is 0.433 e. The standard InChI is InChI=1S/C14H11F3N4/c1-8-3-5-10(6-4-8)12-19-20-13-18-11(14(15,16)17)9(2)7-21(12)13/h3-7H,1-2H3. The summed E-state index contributed by atoms with van der Waals surface area (Å²) in [6.07, 6.45) is -3.14. The number of hydrogen-bond donors (Lipinski definition) is 0. The monoisotopic (exact) mass is 292 g/mol. The normalized spacial score (nSPS) is 12.0. The number of aromatic nitrogens is 4. The fourth-order valence-electron chi connectivity index (χ4n) is 2.11. The first kappa shape index (κ1) is 13.5. The summed E-state index contributed by atoms with van der Waals surface area (Å²) < 4.78 is 40.0. The van der Waals surface area contributed by atoms with Crippen molar-refractivity contribution in [2.24, 2.45) is 0 Å². The molecule has 0 amide bonds. The van der Waals surface area contributed by atoms with Crippen LogP contribution in [0.15, 0.2) is 30.5 Å². The molecular weight excluding hydrogens is 281 g/mol. The van der Waals surface area contributed by atoms with Crippen LogP contribution >= 0.6 is 0 Å². The summed E-state index contributed by atoms with van der Waals surface area (Å²) in [6.45, 7) is 3.32. The van der Waals surface area contributed by atoms with Gasteiger partial charge in [0.1, 0.15) is 0 Å². The van der Waals surface area contributed by atoms with Crippen LogP contribution in [0.3, 0.4) is 0 Å². The number of rotatable bonds is 1. The molecule has 0 unspecified atom stereocenters. The van der Waals surface area contributed by atoms with Gasteiger partial charge in [0.05, 0.1) is 0 Å². The van der Waals surface area contributed by atoms with Gasteiger partial charge in [0, 0.05) is 11.8 Å². The van der Waals surface area contributed by atoms with Crippen molar-refractivity contribution in [2.45, 2.75) is 20.0 Å². The van der Waals surface area contributed by atoms with Gasteiger partial charge in [-0.05, 0) is 19.4 Å². The van der Waals surface area contributed by atoms with E-state index in [2.05, 4.69) is 15.2 Å². The fraction of sp³-hybridized carbons (Fsp3) is 0.214. The predicted molar refractivity (Wildman–Crippen MR) is 70.7 cm³/mol. The van der Waals surface area contributed by atoms with Gasteiger partial charge in [-0.25, -0.2) is 4.98 Å². The van der Waals surface area contributed by atoms with E-state index in [1.165, 1.54) is 17.5 Å². The van der Waals surface area contributed by atoms with Crippen molar-refractivity contribution in [1.29, 1.82) is 0 Å². The molecule has 0 aliphatic heterocycles. The number of aryl methyl sites for hydroxylation is 2. The Morgan fingerprint density at radius 1 is 1.00 bits per heavy atom. The second kappa shape index (κ2) is 4.54. The second-order valence-electron chi connectivity index (χ2n) is 4.83. The van der Waals surface area contributed by atoms with Crippen molar-refractivity contribution in [3.63, 3.8) is 0 Å². The van der Waals surface area contributed by atoms with Crippen molar-refractivity contribution < 1.29 is 13.2 Å². The lowest BCUT2D eigenvalue weighted by Crippen LogP contribution is -2.12. The van der Waals surface area contributed by atoms with Crippen LogP contribution in [0.1, 0.15) is 16.8 Å². The maximum absolute atomic E-state index is 12.8. The number of benzene rings is 1. The molecule has 0 aliphatic carbocycles. The Kier molecular flexibility index (Phi) is 2.93. The second-order valence-corrected chi connectivity index (χ2v) is 4.83. The first-order valence-corrected chi connectivity index (χ1v) is 6.23. The molecule has 0 saturated carbocycles. The van der Waals surface area contributed by atoms with Crippen molar-refractivity contribution in [3.05, 3.63) is 47.3 Å². The van der Waals surface area contributed by atoms with Crippen LogP contribution in [0, 0.1) is 13.8 Å². The highest BCUT2D eigenvalue weighted by atomic mass is 19.4. The zero-order chi connectivity index (χ0) is 15.2. The van der Waals surface area contributed by atoms with Crippen LogP contribution in [0.5, 0.6) is 0 Å². The highest BCUT2D eigenvalue weighted by Gasteiger charge is 2.35. The van der Waals surface area contributed by atoms with Crippen LogP contribution in [-0.2, 0) is 6.18 Å². The Bertz CT molecular complexity index is 803. The summed E-state index contributed by atoms with van der Waals surface area (Å²) in [7, 11) is 0. The minimum Gasteiger partial charge on any atom is -0.266 e. The summed E-state index contributed by atoms with van der Waals surface area (Å²) in [6, 6.07) is 7.50. The topological polar surface area (TPSA) is 43.1 Å². The molecule has 3 rings (SSSR count). The van der Waals surface area contributed by atoms with Gasteiger partial charge in [0.15, 0.2) is 11.5 Å². The van der Waals surface area contributed by atoms with E-state index in [0.717, 1.165) is 11.1 Å². The van der Waals surface area contributed by atoms with E-state index < -0.39 is 11.9 Å². The third kappa shape index (κ3) is 2.35.